The standard InChI is InChI=1S/C20H27NO6/c1-19(2,3)26-17(23)21-15(11-12-16(21)22)13-7-9-14(10-8-13)25-18(24)27-20(4,5)6/h7-10,15H,11-12H2,1-6H3. The van der Waals surface area contributed by atoms with E-state index in [2.05, 4.69) is 0 Å². The lowest BCUT2D eigenvalue weighted by Gasteiger charge is -2.27. The van der Waals surface area contributed by atoms with Crippen LogP contribution in [-0.2, 0) is 14.3 Å². The first-order chi connectivity index (χ1) is 12.4. The fourth-order valence-corrected chi connectivity index (χ4v) is 2.66. The summed E-state index contributed by atoms with van der Waals surface area (Å²) in [5.41, 5.74) is -0.562. The highest BCUT2D eigenvalue weighted by Crippen LogP contribution is 2.34. The predicted octanol–water partition coefficient (Wildman–Crippen LogP) is 4.60. The normalized spacial score (nSPS) is 17.6. The lowest BCUT2D eigenvalue weighted by Crippen LogP contribution is -2.38. The number of ether oxygens (including phenoxy) is 3. The minimum atomic E-state index is -0.790. The largest absolute Gasteiger partial charge is 0.514 e. The van der Waals surface area contributed by atoms with Crippen molar-refractivity contribution >= 4 is 18.2 Å². The Balaban J connectivity index is 2.10. The summed E-state index contributed by atoms with van der Waals surface area (Å²) in [6.45, 7) is 10.5. The van der Waals surface area contributed by atoms with Crippen LogP contribution in [0.3, 0.4) is 0 Å². The first-order valence-electron chi connectivity index (χ1n) is 8.91. The molecule has 148 valence electrons. The molecule has 0 aromatic heterocycles. The Morgan fingerprint density at radius 1 is 0.963 bits per heavy atom. The van der Waals surface area contributed by atoms with E-state index in [4.69, 9.17) is 14.2 Å². The minimum absolute atomic E-state index is 0.261. The van der Waals surface area contributed by atoms with E-state index in [-0.39, 0.29) is 12.3 Å². The Kier molecular flexibility index (Phi) is 5.82. The van der Waals surface area contributed by atoms with Crippen molar-refractivity contribution in [3.63, 3.8) is 0 Å². The number of hydrogen-bond acceptors (Lipinski definition) is 6. The maximum atomic E-state index is 12.4. The number of rotatable bonds is 2. The molecule has 1 aliphatic rings. The highest BCUT2D eigenvalue weighted by molar-refractivity contribution is 5.94. The molecule has 0 aliphatic carbocycles. The van der Waals surface area contributed by atoms with E-state index in [0.29, 0.717) is 12.2 Å². The molecule has 1 saturated heterocycles. The number of benzene rings is 1. The summed E-state index contributed by atoms with van der Waals surface area (Å²) in [6, 6.07) is 6.26. The average Bonchev–Trinajstić information content (AvgIpc) is 2.86. The summed E-state index contributed by atoms with van der Waals surface area (Å²) in [5, 5.41) is 0. The highest BCUT2D eigenvalue weighted by atomic mass is 16.7. The van der Waals surface area contributed by atoms with Gasteiger partial charge in [-0.2, -0.15) is 0 Å². The Labute approximate surface area is 159 Å². The van der Waals surface area contributed by atoms with Crippen molar-refractivity contribution in [2.75, 3.05) is 0 Å². The van der Waals surface area contributed by atoms with Crippen molar-refractivity contribution in [2.45, 2.75) is 71.6 Å². The van der Waals surface area contributed by atoms with Crippen molar-refractivity contribution < 1.29 is 28.6 Å². The Hall–Kier alpha value is -2.57. The molecule has 1 aromatic carbocycles. The van der Waals surface area contributed by atoms with Crippen LogP contribution >= 0.6 is 0 Å². The van der Waals surface area contributed by atoms with Gasteiger partial charge in [-0.25, -0.2) is 14.5 Å². The Bertz CT molecular complexity index is 711. The molecule has 0 saturated carbocycles. The van der Waals surface area contributed by atoms with Crippen LogP contribution in [0.25, 0.3) is 0 Å². The van der Waals surface area contributed by atoms with Gasteiger partial charge in [-0.15, -0.1) is 0 Å². The summed E-state index contributed by atoms with van der Waals surface area (Å²) in [4.78, 5) is 37.5. The third-order valence-corrected chi connectivity index (χ3v) is 3.66. The quantitative estimate of drug-likeness (QED) is 0.553. The summed E-state index contributed by atoms with van der Waals surface area (Å²) in [7, 11) is 0. The molecule has 1 aliphatic heterocycles. The van der Waals surface area contributed by atoms with Gasteiger partial charge in [-0.1, -0.05) is 12.1 Å². The van der Waals surface area contributed by atoms with E-state index in [0.717, 1.165) is 10.5 Å². The molecule has 1 atom stereocenters. The van der Waals surface area contributed by atoms with Gasteiger partial charge in [-0.05, 0) is 65.7 Å². The molecule has 0 N–H and O–H groups in total. The van der Waals surface area contributed by atoms with Crippen molar-refractivity contribution in [2.24, 2.45) is 0 Å². The van der Waals surface area contributed by atoms with Gasteiger partial charge in [0.1, 0.15) is 17.0 Å². The van der Waals surface area contributed by atoms with Gasteiger partial charge < -0.3 is 14.2 Å². The van der Waals surface area contributed by atoms with Crippen LogP contribution in [0.4, 0.5) is 9.59 Å². The van der Waals surface area contributed by atoms with Crippen LogP contribution < -0.4 is 4.74 Å². The number of hydrogen-bond donors (Lipinski definition) is 0. The molecule has 2 rings (SSSR count). The SMILES string of the molecule is CC(C)(C)OC(=O)Oc1ccc(C2CCC(=O)N2C(=O)OC(C)(C)C)cc1. The van der Waals surface area contributed by atoms with Gasteiger partial charge in [0.25, 0.3) is 0 Å². The molecule has 27 heavy (non-hydrogen) atoms. The topological polar surface area (TPSA) is 82.1 Å². The number of nitrogens with zero attached hydrogens (tertiary/aromatic N) is 1. The molecule has 1 unspecified atom stereocenters. The maximum Gasteiger partial charge on any atom is 0.514 e. The first kappa shape index (κ1) is 20.7. The molecule has 1 fully saturated rings. The van der Waals surface area contributed by atoms with Crippen molar-refractivity contribution in [1.82, 2.24) is 4.90 Å². The van der Waals surface area contributed by atoms with Crippen LogP contribution in [-0.4, -0.2) is 34.3 Å². The average molecular weight is 377 g/mol. The lowest BCUT2D eigenvalue weighted by atomic mass is 10.0. The molecule has 0 radical (unpaired) electrons. The molecule has 1 heterocycles. The second-order valence-electron chi connectivity index (χ2n) is 8.43. The van der Waals surface area contributed by atoms with Gasteiger partial charge in [0.15, 0.2) is 0 Å². The molecule has 0 bridgehead atoms. The lowest BCUT2D eigenvalue weighted by molar-refractivity contribution is -0.128. The molecule has 2 amide bonds. The summed E-state index contributed by atoms with van der Waals surface area (Å²) in [5.74, 6) is 0.0597. The third kappa shape index (κ3) is 5.98. The predicted molar refractivity (Wildman–Crippen MR) is 98.4 cm³/mol. The van der Waals surface area contributed by atoms with E-state index < -0.39 is 29.5 Å². The zero-order chi connectivity index (χ0) is 20.4. The summed E-state index contributed by atoms with van der Waals surface area (Å²) in [6.07, 6.45) is -0.643. The number of imide groups is 1. The second kappa shape index (κ2) is 7.58. The summed E-state index contributed by atoms with van der Waals surface area (Å²) >= 11 is 0. The minimum Gasteiger partial charge on any atom is -0.443 e. The van der Waals surface area contributed by atoms with E-state index in [1.54, 1.807) is 65.8 Å². The molecule has 1 aromatic rings. The van der Waals surface area contributed by atoms with Crippen LogP contribution in [0.5, 0.6) is 5.75 Å². The number of amides is 2. The van der Waals surface area contributed by atoms with E-state index in [1.165, 1.54) is 0 Å². The molecule has 0 spiro atoms. The van der Waals surface area contributed by atoms with Crippen LogP contribution in [0.1, 0.15) is 66.0 Å². The van der Waals surface area contributed by atoms with Gasteiger partial charge >= 0.3 is 12.2 Å². The van der Waals surface area contributed by atoms with Crippen LogP contribution in [0, 0.1) is 0 Å². The Morgan fingerprint density at radius 3 is 2.04 bits per heavy atom. The van der Waals surface area contributed by atoms with Gasteiger partial charge in [0.2, 0.25) is 5.91 Å². The van der Waals surface area contributed by atoms with Gasteiger partial charge in [0, 0.05) is 6.42 Å². The van der Waals surface area contributed by atoms with Gasteiger partial charge in [0.05, 0.1) is 6.04 Å². The summed E-state index contributed by atoms with van der Waals surface area (Å²) < 4.78 is 15.6. The van der Waals surface area contributed by atoms with E-state index in [9.17, 15) is 14.4 Å². The molecule has 7 nitrogen and oxygen atoms in total. The zero-order valence-corrected chi connectivity index (χ0v) is 16.7. The third-order valence-electron chi connectivity index (χ3n) is 3.66. The van der Waals surface area contributed by atoms with E-state index >= 15 is 0 Å². The smallest absolute Gasteiger partial charge is 0.443 e. The number of carbonyl (C=O) groups excluding carboxylic acids is 3. The monoisotopic (exact) mass is 377 g/mol. The fourth-order valence-electron chi connectivity index (χ4n) is 2.66. The fraction of sp³-hybridized carbons (Fsp3) is 0.550. The highest BCUT2D eigenvalue weighted by Gasteiger charge is 2.39. The first-order valence-corrected chi connectivity index (χ1v) is 8.91. The molecule has 7 heteroatoms. The zero-order valence-electron chi connectivity index (χ0n) is 16.7. The Morgan fingerprint density at radius 2 is 1.52 bits per heavy atom. The van der Waals surface area contributed by atoms with Gasteiger partial charge in [-0.3, -0.25) is 4.79 Å². The van der Waals surface area contributed by atoms with E-state index in [1.807, 2.05) is 0 Å². The second-order valence-corrected chi connectivity index (χ2v) is 8.43. The number of carbonyl (C=O) groups is 3. The van der Waals surface area contributed by atoms with Crippen molar-refractivity contribution in [3.8, 4) is 5.75 Å². The van der Waals surface area contributed by atoms with Crippen LogP contribution in [0.15, 0.2) is 24.3 Å². The van der Waals surface area contributed by atoms with Crippen LogP contribution in [0.2, 0.25) is 0 Å². The molecular formula is C20H27NO6. The number of likely N-dealkylation sites (tertiary alicyclic amines) is 1. The van der Waals surface area contributed by atoms with Crippen molar-refractivity contribution in [3.05, 3.63) is 29.8 Å². The molecular weight excluding hydrogens is 350 g/mol. The van der Waals surface area contributed by atoms with Crippen molar-refractivity contribution in [1.29, 1.82) is 0 Å². The maximum absolute atomic E-state index is 12.4.